The molecule has 0 amide bonds. The van der Waals surface area contributed by atoms with Crippen molar-refractivity contribution in [2.45, 2.75) is 27.2 Å². The van der Waals surface area contributed by atoms with Crippen LogP contribution in [-0.4, -0.2) is 59.6 Å². The first-order valence-corrected chi connectivity index (χ1v) is 10.8. The predicted octanol–water partition coefficient (Wildman–Crippen LogP) is 2.09. The van der Waals surface area contributed by atoms with Crippen LogP contribution < -0.4 is 10.2 Å². The van der Waals surface area contributed by atoms with Crippen molar-refractivity contribution in [2.24, 2.45) is 0 Å². The first-order chi connectivity index (χ1) is 12.9. The average Bonchev–Trinajstić information content (AvgIpc) is 2.61. The number of piperazine rings is 1. The fraction of sp³-hybridized carbons (Fsp3) is 0.500. The Morgan fingerprint density at radius 2 is 1.81 bits per heavy atom. The molecule has 0 aliphatic carbocycles. The third kappa shape index (κ3) is 4.92. The Morgan fingerprint density at radius 3 is 2.48 bits per heavy atom. The third-order valence-corrected chi connectivity index (χ3v) is 6.49. The second-order valence-electron chi connectivity index (χ2n) is 6.70. The van der Waals surface area contributed by atoms with Crippen molar-refractivity contribution in [3.05, 3.63) is 35.8 Å². The summed E-state index contributed by atoms with van der Waals surface area (Å²) in [6, 6.07) is 5.77. The minimum absolute atomic E-state index is 0.206. The van der Waals surface area contributed by atoms with E-state index in [0.29, 0.717) is 44.2 Å². The lowest BCUT2D eigenvalue weighted by atomic mass is 10.3. The lowest BCUT2D eigenvalue weighted by Gasteiger charge is -2.34. The third-order valence-electron chi connectivity index (χ3n) is 4.41. The minimum Gasteiger partial charge on any atom is -0.354 e. The number of hydrogen-bond donors (Lipinski definition) is 1. The number of aromatic nitrogens is 3. The molecule has 0 atom stereocenters. The van der Waals surface area contributed by atoms with Crippen LogP contribution in [0.1, 0.15) is 24.7 Å². The molecule has 1 aliphatic heterocycles. The molecule has 0 radical (unpaired) electrons. The fourth-order valence-electron chi connectivity index (χ4n) is 3.10. The van der Waals surface area contributed by atoms with Gasteiger partial charge in [0.15, 0.2) is 0 Å². The van der Waals surface area contributed by atoms with Gasteiger partial charge in [0.05, 0.1) is 5.75 Å². The summed E-state index contributed by atoms with van der Waals surface area (Å²) in [5.74, 6) is 3.07. The van der Waals surface area contributed by atoms with E-state index in [4.69, 9.17) is 0 Å². The van der Waals surface area contributed by atoms with Crippen molar-refractivity contribution < 1.29 is 8.42 Å². The van der Waals surface area contributed by atoms with E-state index in [2.05, 4.69) is 25.2 Å². The molecule has 3 rings (SSSR count). The molecular formula is C18H26N6O2S. The van der Waals surface area contributed by atoms with Crippen LogP contribution in [0.25, 0.3) is 0 Å². The van der Waals surface area contributed by atoms with E-state index in [9.17, 15) is 8.42 Å². The summed E-state index contributed by atoms with van der Waals surface area (Å²) in [7, 11) is -3.15. The quantitative estimate of drug-likeness (QED) is 0.807. The van der Waals surface area contributed by atoms with Crippen LogP contribution in [-0.2, 0) is 10.0 Å². The molecule has 1 fully saturated rings. The van der Waals surface area contributed by atoms with Crippen molar-refractivity contribution in [1.82, 2.24) is 19.3 Å². The molecule has 9 heteroatoms. The van der Waals surface area contributed by atoms with Crippen LogP contribution in [0.2, 0.25) is 0 Å². The Hall–Kier alpha value is -2.26. The van der Waals surface area contributed by atoms with Crippen molar-refractivity contribution in [3.8, 4) is 0 Å². The topological polar surface area (TPSA) is 91.3 Å². The number of pyridine rings is 1. The van der Waals surface area contributed by atoms with Crippen molar-refractivity contribution >= 4 is 27.5 Å². The first-order valence-electron chi connectivity index (χ1n) is 9.15. The summed E-state index contributed by atoms with van der Waals surface area (Å²) < 4.78 is 26.0. The summed E-state index contributed by atoms with van der Waals surface area (Å²) in [4.78, 5) is 15.4. The second kappa shape index (κ2) is 8.18. The fourth-order valence-corrected chi connectivity index (χ4v) is 4.59. The zero-order valence-electron chi connectivity index (χ0n) is 16.0. The lowest BCUT2D eigenvalue weighted by Crippen LogP contribution is -2.49. The predicted molar refractivity (Wildman–Crippen MR) is 107 cm³/mol. The van der Waals surface area contributed by atoms with Crippen molar-refractivity contribution in [3.63, 3.8) is 0 Å². The molecule has 0 unspecified atom stereocenters. The number of nitrogens with zero attached hydrogens (tertiary/aromatic N) is 5. The highest BCUT2D eigenvalue weighted by Crippen LogP contribution is 2.21. The summed E-state index contributed by atoms with van der Waals surface area (Å²) in [6.45, 7) is 7.93. The number of rotatable bonds is 6. The van der Waals surface area contributed by atoms with Crippen LogP contribution in [0.4, 0.5) is 17.5 Å². The number of hydrogen-bond acceptors (Lipinski definition) is 7. The highest BCUT2D eigenvalue weighted by molar-refractivity contribution is 7.89. The zero-order valence-corrected chi connectivity index (χ0v) is 16.8. The molecule has 146 valence electrons. The van der Waals surface area contributed by atoms with Gasteiger partial charge in [0.2, 0.25) is 10.0 Å². The van der Waals surface area contributed by atoms with E-state index >= 15 is 0 Å². The normalized spacial score (nSPS) is 15.7. The molecule has 1 aliphatic rings. The standard InChI is InChI=1S/C18H26N6O2S/c1-4-11-27(25,26)24-9-7-23(8-10-24)18-13-17(20-15(3)21-18)22-16-12-14(2)5-6-19-16/h5-6,12-13H,4,7-11H2,1-3H3,(H,19,20,21,22). The molecule has 3 heterocycles. The van der Waals surface area contributed by atoms with E-state index < -0.39 is 10.0 Å². The summed E-state index contributed by atoms with van der Waals surface area (Å²) in [5.41, 5.74) is 1.11. The van der Waals surface area contributed by atoms with Crippen molar-refractivity contribution in [2.75, 3.05) is 42.1 Å². The van der Waals surface area contributed by atoms with Crippen LogP contribution >= 0.6 is 0 Å². The molecule has 0 aromatic carbocycles. The molecular weight excluding hydrogens is 364 g/mol. The van der Waals surface area contributed by atoms with Gasteiger partial charge < -0.3 is 10.2 Å². The zero-order chi connectivity index (χ0) is 19.4. The average molecular weight is 391 g/mol. The highest BCUT2D eigenvalue weighted by atomic mass is 32.2. The smallest absolute Gasteiger partial charge is 0.214 e. The van der Waals surface area contributed by atoms with Gasteiger partial charge in [0.1, 0.15) is 23.3 Å². The maximum Gasteiger partial charge on any atom is 0.214 e. The van der Waals surface area contributed by atoms with E-state index in [1.54, 1.807) is 10.5 Å². The molecule has 1 N–H and O–H groups in total. The minimum atomic E-state index is -3.15. The maximum absolute atomic E-state index is 12.2. The van der Waals surface area contributed by atoms with Crippen LogP contribution in [0.3, 0.4) is 0 Å². The van der Waals surface area contributed by atoms with E-state index in [1.165, 1.54) is 0 Å². The van der Waals surface area contributed by atoms with Gasteiger partial charge in [-0.3, -0.25) is 0 Å². The Bertz CT molecular complexity index is 894. The number of anilines is 3. The van der Waals surface area contributed by atoms with Gasteiger partial charge >= 0.3 is 0 Å². The molecule has 2 aromatic heterocycles. The summed E-state index contributed by atoms with van der Waals surface area (Å²) in [5, 5.41) is 3.22. The van der Waals surface area contributed by atoms with Crippen LogP contribution in [0.15, 0.2) is 24.4 Å². The van der Waals surface area contributed by atoms with Gasteiger partial charge in [0.25, 0.3) is 0 Å². The van der Waals surface area contributed by atoms with Crippen LogP contribution in [0.5, 0.6) is 0 Å². The van der Waals surface area contributed by atoms with Gasteiger partial charge in [-0.1, -0.05) is 6.92 Å². The number of nitrogens with one attached hydrogen (secondary N) is 1. The van der Waals surface area contributed by atoms with E-state index in [-0.39, 0.29) is 5.75 Å². The first kappa shape index (κ1) is 19.5. The van der Waals surface area contributed by atoms with E-state index in [1.807, 2.05) is 39.0 Å². The Balaban J connectivity index is 1.72. The summed E-state index contributed by atoms with van der Waals surface area (Å²) in [6.07, 6.45) is 2.39. The lowest BCUT2D eigenvalue weighted by molar-refractivity contribution is 0.383. The summed E-state index contributed by atoms with van der Waals surface area (Å²) >= 11 is 0. The molecule has 8 nitrogen and oxygen atoms in total. The van der Waals surface area contributed by atoms with Gasteiger partial charge in [-0.15, -0.1) is 0 Å². The molecule has 0 saturated carbocycles. The molecule has 27 heavy (non-hydrogen) atoms. The van der Waals surface area contributed by atoms with Crippen LogP contribution in [0, 0.1) is 13.8 Å². The Labute approximate surface area is 160 Å². The Morgan fingerprint density at radius 1 is 1.07 bits per heavy atom. The van der Waals surface area contributed by atoms with E-state index in [0.717, 1.165) is 17.2 Å². The molecule has 2 aromatic rings. The largest absolute Gasteiger partial charge is 0.354 e. The molecule has 1 saturated heterocycles. The van der Waals surface area contributed by atoms with Gasteiger partial charge in [-0.25, -0.2) is 23.4 Å². The number of aryl methyl sites for hydroxylation is 2. The SMILES string of the molecule is CCCS(=O)(=O)N1CCN(c2cc(Nc3cc(C)ccn3)nc(C)n2)CC1. The molecule has 0 bridgehead atoms. The second-order valence-corrected chi connectivity index (χ2v) is 8.79. The van der Waals surface area contributed by atoms with Gasteiger partial charge in [-0.2, -0.15) is 4.31 Å². The van der Waals surface area contributed by atoms with Crippen molar-refractivity contribution in [1.29, 1.82) is 0 Å². The molecule has 0 spiro atoms. The highest BCUT2D eigenvalue weighted by Gasteiger charge is 2.27. The monoisotopic (exact) mass is 390 g/mol. The Kier molecular flexibility index (Phi) is 5.91. The number of sulfonamides is 1. The van der Waals surface area contributed by atoms with Gasteiger partial charge in [0, 0.05) is 38.4 Å². The maximum atomic E-state index is 12.2. The van der Waals surface area contributed by atoms with Gasteiger partial charge in [-0.05, 0) is 38.0 Å².